The number of aromatic nitrogens is 1. The predicted molar refractivity (Wildman–Crippen MR) is 122 cm³/mol. The molecule has 34 heavy (non-hydrogen) atoms. The number of nitrogens with one attached hydrogen (secondary N) is 2. The molecule has 0 radical (unpaired) electrons. The molecule has 0 fully saturated rings. The first kappa shape index (κ1) is 25.1. The first-order chi connectivity index (χ1) is 15.9. The highest BCUT2D eigenvalue weighted by Crippen LogP contribution is 2.37. The summed E-state index contributed by atoms with van der Waals surface area (Å²) in [6, 6.07) is 9.78. The molecule has 0 saturated carbocycles. The van der Waals surface area contributed by atoms with Crippen LogP contribution in [0.4, 0.5) is 24.5 Å². The van der Waals surface area contributed by atoms with Crippen LogP contribution in [-0.2, 0) is 21.0 Å². The number of alkyl halides is 3. The van der Waals surface area contributed by atoms with E-state index in [1.807, 2.05) is 0 Å². The molecule has 178 valence electrons. The second kappa shape index (κ2) is 9.74. The first-order valence-electron chi connectivity index (χ1n) is 9.46. The molecule has 1 heterocycles. The van der Waals surface area contributed by atoms with Crippen LogP contribution in [0.25, 0.3) is 0 Å². The minimum absolute atomic E-state index is 0.0902. The van der Waals surface area contributed by atoms with Crippen LogP contribution in [0, 0.1) is 6.92 Å². The summed E-state index contributed by atoms with van der Waals surface area (Å²) in [6.45, 7) is 5.00. The van der Waals surface area contributed by atoms with E-state index in [1.54, 1.807) is 19.1 Å². The highest BCUT2D eigenvalue weighted by atomic mass is 35.5. The van der Waals surface area contributed by atoms with Crippen molar-refractivity contribution in [2.24, 2.45) is 0 Å². The molecular formula is C22H17ClF3N3O4S. The molecule has 0 spiro atoms. The number of hydrogen-bond donors (Lipinski definition) is 2. The summed E-state index contributed by atoms with van der Waals surface area (Å²) in [5.74, 6) is -0.275. The van der Waals surface area contributed by atoms with E-state index in [0.717, 1.165) is 18.2 Å². The highest BCUT2D eigenvalue weighted by Gasteiger charge is 2.34. The maximum atomic E-state index is 13.2. The molecule has 0 saturated heterocycles. The minimum Gasteiger partial charge on any atom is -0.437 e. The summed E-state index contributed by atoms with van der Waals surface area (Å²) >= 11 is 5.58. The number of aryl methyl sites for hydroxylation is 1. The lowest BCUT2D eigenvalue weighted by molar-refractivity contribution is -0.137. The van der Waals surface area contributed by atoms with Crippen molar-refractivity contribution in [2.45, 2.75) is 18.0 Å². The van der Waals surface area contributed by atoms with Crippen LogP contribution in [0.3, 0.4) is 0 Å². The minimum atomic E-state index is -4.83. The first-order valence-corrected chi connectivity index (χ1v) is 11.3. The Balaban J connectivity index is 1.89. The van der Waals surface area contributed by atoms with Gasteiger partial charge in [0.15, 0.2) is 0 Å². The van der Waals surface area contributed by atoms with Gasteiger partial charge in [-0.2, -0.15) is 13.2 Å². The summed E-state index contributed by atoms with van der Waals surface area (Å²) in [7, 11) is -4.45. The largest absolute Gasteiger partial charge is 0.437 e. The van der Waals surface area contributed by atoms with E-state index in [-0.39, 0.29) is 17.3 Å². The van der Waals surface area contributed by atoms with Gasteiger partial charge in [0.05, 0.1) is 15.5 Å². The van der Waals surface area contributed by atoms with Gasteiger partial charge >= 0.3 is 6.18 Å². The van der Waals surface area contributed by atoms with Crippen molar-refractivity contribution < 1.29 is 31.1 Å². The molecule has 2 aromatic carbocycles. The molecule has 3 aromatic rings. The number of rotatable bonds is 7. The molecule has 0 bridgehead atoms. The third-order valence-corrected chi connectivity index (χ3v) is 6.00. The molecule has 12 heteroatoms. The van der Waals surface area contributed by atoms with Gasteiger partial charge in [0.25, 0.3) is 10.0 Å². The van der Waals surface area contributed by atoms with Crippen LogP contribution in [0.5, 0.6) is 11.6 Å². The van der Waals surface area contributed by atoms with Gasteiger partial charge in [-0.3, -0.25) is 9.52 Å². The fraction of sp³-hybridized carbons (Fsp3) is 0.0909. The van der Waals surface area contributed by atoms with Crippen molar-refractivity contribution in [3.63, 3.8) is 0 Å². The Morgan fingerprint density at radius 1 is 1.15 bits per heavy atom. The van der Waals surface area contributed by atoms with Gasteiger partial charge in [-0.1, -0.05) is 18.2 Å². The van der Waals surface area contributed by atoms with Gasteiger partial charge in [0.1, 0.15) is 11.4 Å². The molecule has 2 N–H and O–H groups in total. The number of ether oxygens (including phenoxy) is 1. The number of amides is 1. The van der Waals surface area contributed by atoms with Crippen molar-refractivity contribution in [3.8, 4) is 11.6 Å². The van der Waals surface area contributed by atoms with Crippen LogP contribution in [0.2, 0.25) is 5.02 Å². The fourth-order valence-corrected chi connectivity index (χ4v) is 4.01. The lowest BCUT2D eigenvalue weighted by atomic mass is 10.2. The van der Waals surface area contributed by atoms with E-state index < -0.39 is 37.6 Å². The maximum Gasteiger partial charge on any atom is 0.417 e. The molecule has 0 aliphatic rings. The van der Waals surface area contributed by atoms with Gasteiger partial charge < -0.3 is 10.1 Å². The molecule has 1 aromatic heterocycles. The van der Waals surface area contributed by atoms with Gasteiger partial charge in [-0.25, -0.2) is 13.4 Å². The number of sulfonamides is 1. The van der Waals surface area contributed by atoms with Gasteiger partial charge in [0, 0.05) is 11.9 Å². The van der Waals surface area contributed by atoms with Gasteiger partial charge in [-0.15, -0.1) is 0 Å². The van der Waals surface area contributed by atoms with Crippen molar-refractivity contribution in [1.82, 2.24) is 4.98 Å². The number of pyridine rings is 1. The second-order valence-corrected chi connectivity index (χ2v) is 9.02. The number of nitrogens with zero attached hydrogens (tertiary/aromatic N) is 1. The average Bonchev–Trinajstić information content (AvgIpc) is 2.76. The fourth-order valence-electron chi connectivity index (χ4n) is 2.71. The van der Waals surface area contributed by atoms with Crippen molar-refractivity contribution in [2.75, 3.05) is 10.0 Å². The van der Waals surface area contributed by atoms with Crippen LogP contribution in [-0.4, -0.2) is 19.3 Å². The Morgan fingerprint density at radius 3 is 2.44 bits per heavy atom. The number of halogens is 4. The summed E-state index contributed by atoms with van der Waals surface area (Å²) in [5.41, 5.74) is -0.329. The van der Waals surface area contributed by atoms with E-state index in [2.05, 4.69) is 21.6 Å². The molecule has 0 aliphatic carbocycles. The number of carbonyl (C=O) groups is 1. The number of anilines is 2. The van der Waals surface area contributed by atoms with Gasteiger partial charge in [-0.05, 0) is 67.1 Å². The SMILES string of the molecule is C=CC(=O)Nc1ccc(Oc2ncc(C)cc2NS(=O)(=O)c2ccc(Cl)c(C(F)(F)F)c2)cc1. The molecule has 7 nitrogen and oxygen atoms in total. The Hall–Kier alpha value is -3.57. The summed E-state index contributed by atoms with van der Waals surface area (Å²) < 4.78 is 73.0. The van der Waals surface area contributed by atoms with E-state index in [4.69, 9.17) is 16.3 Å². The Bertz CT molecular complexity index is 1340. The zero-order valence-electron chi connectivity index (χ0n) is 17.5. The standard InChI is InChI=1S/C22H17ClF3N3O4S/c1-3-20(30)28-14-4-6-15(7-5-14)33-21-19(10-13(2)12-27-21)29-34(31,32)16-8-9-18(23)17(11-16)22(24,25)26/h3-12,29H,1H2,2H3,(H,28,30). The number of carbonyl (C=O) groups excluding carboxylic acids is 1. The smallest absolute Gasteiger partial charge is 0.417 e. The average molecular weight is 512 g/mol. The third-order valence-electron chi connectivity index (χ3n) is 4.31. The van der Waals surface area contributed by atoms with E-state index >= 15 is 0 Å². The molecule has 3 rings (SSSR count). The van der Waals surface area contributed by atoms with Crippen LogP contribution >= 0.6 is 11.6 Å². The van der Waals surface area contributed by atoms with E-state index in [1.165, 1.54) is 24.4 Å². The normalized spacial score (nSPS) is 11.6. The van der Waals surface area contributed by atoms with Crippen LogP contribution in [0.15, 0.2) is 72.3 Å². The quantitative estimate of drug-likeness (QED) is 0.392. The Kier molecular flexibility index (Phi) is 7.18. The lowest BCUT2D eigenvalue weighted by Crippen LogP contribution is -2.16. The maximum absolute atomic E-state index is 13.2. The summed E-state index contributed by atoms with van der Waals surface area (Å²) in [5, 5.41) is 1.94. The zero-order chi connectivity index (χ0) is 25.1. The Labute approximate surface area is 198 Å². The molecular weight excluding hydrogens is 495 g/mol. The highest BCUT2D eigenvalue weighted by molar-refractivity contribution is 7.92. The third kappa shape index (κ3) is 6.06. The summed E-state index contributed by atoms with van der Waals surface area (Å²) in [4.78, 5) is 14.8. The van der Waals surface area contributed by atoms with Crippen molar-refractivity contribution in [3.05, 3.63) is 83.5 Å². The number of benzene rings is 2. The van der Waals surface area contributed by atoms with Crippen LogP contribution < -0.4 is 14.8 Å². The number of hydrogen-bond acceptors (Lipinski definition) is 5. The lowest BCUT2D eigenvalue weighted by Gasteiger charge is -2.15. The van der Waals surface area contributed by atoms with Crippen molar-refractivity contribution >= 4 is 38.9 Å². The monoisotopic (exact) mass is 511 g/mol. The van der Waals surface area contributed by atoms with E-state index in [0.29, 0.717) is 17.3 Å². The van der Waals surface area contributed by atoms with Crippen molar-refractivity contribution in [1.29, 1.82) is 0 Å². The topological polar surface area (TPSA) is 97.4 Å². The molecule has 0 aliphatic heterocycles. The molecule has 0 atom stereocenters. The van der Waals surface area contributed by atoms with E-state index in [9.17, 15) is 26.4 Å². The molecule has 0 unspecified atom stereocenters. The van der Waals surface area contributed by atoms with Gasteiger partial charge in [0.2, 0.25) is 11.8 Å². The second-order valence-electron chi connectivity index (χ2n) is 6.93. The Morgan fingerprint density at radius 2 is 1.82 bits per heavy atom. The zero-order valence-corrected chi connectivity index (χ0v) is 19.1. The summed E-state index contributed by atoms with van der Waals surface area (Å²) in [6.07, 6.45) is -2.30. The predicted octanol–water partition coefficient (Wildman–Crippen LogP) is 5.78. The van der Waals surface area contributed by atoms with Crippen LogP contribution in [0.1, 0.15) is 11.1 Å². The molecule has 1 amide bonds.